The molecule has 1 fully saturated rings. The normalized spacial score (nSPS) is 15.0. The topological polar surface area (TPSA) is 66.5 Å². The lowest BCUT2D eigenvalue weighted by molar-refractivity contribution is -0.120. The molecule has 2 aromatic carbocycles. The average Bonchev–Trinajstić information content (AvgIpc) is 3.13. The molecule has 0 radical (unpaired) electrons. The molecule has 1 aliphatic carbocycles. The minimum atomic E-state index is -3.85. The Bertz CT molecular complexity index is 865. The average molecular weight is 437 g/mol. The Labute approximate surface area is 162 Å². The lowest BCUT2D eigenvalue weighted by Gasteiger charge is -2.25. The third-order valence-corrected chi connectivity index (χ3v) is 6.72. The molecule has 0 unspecified atom stereocenters. The van der Waals surface area contributed by atoms with Crippen LogP contribution in [-0.2, 0) is 14.8 Å². The molecule has 26 heavy (non-hydrogen) atoms. The summed E-state index contributed by atoms with van der Waals surface area (Å²) in [6, 6.07) is 15.3. The van der Waals surface area contributed by atoms with E-state index in [-0.39, 0.29) is 23.4 Å². The van der Waals surface area contributed by atoms with Crippen LogP contribution in [0.5, 0.6) is 0 Å². The predicted molar refractivity (Wildman–Crippen MR) is 106 cm³/mol. The Morgan fingerprint density at radius 3 is 2.42 bits per heavy atom. The summed E-state index contributed by atoms with van der Waals surface area (Å²) in [5.41, 5.74) is 0.449. The number of rotatable bonds is 6. The molecule has 138 valence electrons. The van der Waals surface area contributed by atoms with Gasteiger partial charge in [-0.3, -0.25) is 9.10 Å². The molecule has 1 saturated carbocycles. The van der Waals surface area contributed by atoms with Crippen LogP contribution in [-0.4, -0.2) is 26.9 Å². The van der Waals surface area contributed by atoms with Gasteiger partial charge in [-0.15, -0.1) is 0 Å². The first kappa shape index (κ1) is 18.9. The van der Waals surface area contributed by atoms with Gasteiger partial charge in [0, 0.05) is 10.5 Å². The van der Waals surface area contributed by atoms with E-state index in [0.717, 1.165) is 34.5 Å². The number of sulfonamides is 1. The van der Waals surface area contributed by atoms with Crippen molar-refractivity contribution in [2.24, 2.45) is 0 Å². The molecule has 1 amide bonds. The monoisotopic (exact) mass is 436 g/mol. The zero-order chi connectivity index (χ0) is 18.6. The number of anilines is 1. The molecule has 2 aromatic rings. The smallest absolute Gasteiger partial charge is 0.264 e. The summed E-state index contributed by atoms with van der Waals surface area (Å²) in [5, 5.41) is 2.96. The Morgan fingerprint density at radius 2 is 1.77 bits per heavy atom. The molecule has 3 rings (SSSR count). The van der Waals surface area contributed by atoms with E-state index < -0.39 is 10.0 Å². The van der Waals surface area contributed by atoms with Crippen molar-refractivity contribution < 1.29 is 13.2 Å². The van der Waals surface area contributed by atoms with E-state index >= 15 is 0 Å². The highest BCUT2D eigenvalue weighted by Crippen LogP contribution is 2.26. The highest BCUT2D eigenvalue weighted by molar-refractivity contribution is 9.10. The van der Waals surface area contributed by atoms with Crippen LogP contribution in [0.1, 0.15) is 25.7 Å². The second-order valence-corrected chi connectivity index (χ2v) is 9.13. The number of hydrogen-bond donors (Lipinski definition) is 1. The minimum Gasteiger partial charge on any atom is -0.352 e. The molecule has 5 nitrogen and oxygen atoms in total. The van der Waals surface area contributed by atoms with Gasteiger partial charge in [0.05, 0.1) is 10.6 Å². The summed E-state index contributed by atoms with van der Waals surface area (Å²) in [6.07, 6.45) is 4.10. The molecule has 0 aliphatic heterocycles. The van der Waals surface area contributed by atoms with Crippen LogP contribution in [0.2, 0.25) is 0 Å². The molecule has 0 heterocycles. The molecular formula is C19H21BrN2O3S. The molecule has 1 N–H and O–H groups in total. The van der Waals surface area contributed by atoms with Gasteiger partial charge in [0.25, 0.3) is 10.0 Å². The number of benzene rings is 2. The molecule has 0 spiro atoms. The van der Waals surface area contributed by atoms with Gasteiger partial charge >= 0.3 is 0 Å². The van der Waals surface area contributed by atoms with Crippen LogP contribution in [0.4, 0.5) is 5.69 Å². The van der Waals surface area contributed by atoms with Crippen molar-refractivity contribution in [3.63, 3.8) is 0 Å². The van der Waals surface area contributed by atoms with Crippen LogP contribution in [0.15, 0.2) is 64.0 Å². The van der Waals surface area contributed by atoms with Crippen LogP contribution in [0.3, 0.4) is 0 Å². The first-order valence-electron chi connectivity index (χ1n) is 8.59. The van der Waals surface area contributed by atoms with Gasteiger partial charge in [0.15, 0.2) is 0 Å². The van der Waals surface area contributed by atoms with Crippen molar-refractivity contribution in [1.29, 1.82) is 0 Å². The van der Waals surface area contributed by atoms with E-state index in [1.807, 2.05) is 6.07 Å². The van der Waals surface area contributed by atoms with Gasteiger partial charge in [0.2, 0.25) is 5.91 Å². The Kier molecular flexibility index (Phi) is 5.98. The fourth-order valence-corrected chi connectivity index (χ4v) is 4.96. The van der Waals surface area contributed by atoms with Gasteiger partial charge in [0.1, 0.15) is 6.54 Å². The van der Waals surface area contributed by atoms with Gasteiger partial charge < -0.3 is 5.32 Å². The van der Waals surface area contributed by atoms with Gasteiger partial charge in [-0.2, -0.15) is 0 Å². The predicted octanol–water partition coefficient (Wildman–Crippen LogP) is 3.70. The zero-order valence-electron chi connectivity index (χ0n) is 14.3. The molecular weight excluding hydrogens is 416 g/mol. The van der Waals surface area contributed by atoms with Gasteiger partial charge in [-0.1, -0.05) is 53.0 Å². The van der Waals surface area contributed by atoms with E-state index in [0.29, 0.717) is 5.69 Å². The molecule has 0 bridgehead atoms. The second-order valence-electron chi connectivity index (χ2n) is 6.35. The third-order valence-electron chi connectivity index (χ3n) is 4.43. The van der Waals surface area contributed by atoms with Crippen LogP contribution in [0.25, 0.3) is 0 Å². The molecule has 0 saturated heterocycles. The Balaban J connectivity index is 1.90. The van der Waals surface area contributed by atoms with Gasteiger partial charge in [-0.25, -0.2) is 8.42 Å². The number of hydrogen-bond acceptors (Lipinski definition) is 3. The first-order valence-corrected chi connectivity index (χ1v) is 10.8. The molecule has 0 aromatic heterocycles. The number of halogens is 1. The van der Waals surface area contributed by atoms with E-state index in [4.69, 9.17) is 0 Å². The first-order chi connectivity index (χ1) is 12.5. The summed E-state index contributed by atoms with van der Waals surface area (Å²) >= 11 is 3.37. The van der Waals surface area contributed by atoms with Crippen LogP contribution < -0.4 is 9.62 Å². The Hall–Kier alpha value is -1.86. The van der Waals surface area contributed by atoms with Crippen molar-refractivity contribution in [3.8, 4) is 0 Å². The highest BCUT2D eigenvalue weighted by atomic mass is 79.9. The fraction of sp³-hybridized carbons (Fsp3) is 0.316. The van der Waals surface area contributed by atoms with E-state index in [2.05, 4.69) is 21.2 Å². The highest BCUT2D eigenvalue weighted by Gasteiger charge is 2.28. The zero-order valence-corrected chi connectivity index (χ0v) is 16.7. The van der Waals surface area contributed by atoms with E-state index in [1.165, 1.54) is 12.1 Å². The van der Waals surface area contributed by atoms with Crippen LogP contribution in [0, 0.1) is 0 Å². The van der Waals surface area contributed by atoms with E-state index in [9.17, 15) is 13.2 Å². The number of nitrogens with zero attached hydrogens (tertiary/aromatic N) is 1. The molecule has 7 heteroatoms. The number of carbonyl (C=O) groups excluding carboxylic acids is 1. The standard InChI is InChI=1S/C19H21BrN2O3S/c20-15-7-6-10-17(13-15)22(14-19(23)21-16-8-4-5-9-16)26(24,25)18-11-2-1-3-12-18/h1-3,6-7,10-13,16H,4-5,8-9,14H2,(H,21,23). The van der Waals surface area contributed by atoms with Crippen molar-refractivity contribution in [3.05, 3.63) is 59.1 Å². The van der Waals surface area contributed by atoms with Crippen LogP contribution >= 0.6 is 15.9 Å². The Morgan fingerprint density at radius 1 is 1.08 bits per heavy atom. The SMILES string of the molecule is O=C(CN(c1cccc(Br)c1)S(=O)(=O)c1ccccc1)NC1CCCC1. The summed E-state index contributed by atoms with van der Waals surface area (Å²) in [6.45, 7) is -0.246. The maximum Gasteiger partial charge on any atom is 0.264 e. The van der Waals surface area contributed by atoms with Crippen molar-refractivity contribution in [2.45, 2.75) is 36.6 Å². The van der Waals surface area contributed by atoms with Gasteiger partial charge in [-0.05, 0) is 43.2 Å². The lowest BCUT2D eigenvalue weighted by Crippen LogP contribution is -2.43. The van der Waals surface area contributed by atoms with Crippen molar-refractivity contribution in [2.75, 3.05) is 10.8 Å². The minimum absolute atomic E-state index is 0.145. The summed E-state index contributed by atoms with van der Waals surface area (Å²) in [4.78, 5) is 12.7. The van der Waals surface area contributed by atoms with E-state index in [1.54, 1.807) is 36.4 Å². The second kappa shape index (κ2) is 8.22. The fourth-order valence-electron chi connectivity index (χ4n) is 3.14. The molecule has 1 aliphatic rings. The maximum absolute atomic E-state index is 13.1. The summed E-state index contributed by atoms with van der Waals surface area (Å²) in [5.74, 6) is -0.281. The third kappa shape index (κ3) is 4.45. The number of carbonyl (C=O) groups is 1. The maximum atomic E-state index is 13.1. The lowest BCUT2D eigenvalue weighted by atomic mass is 10.2. The number of amides is 1. The molecule has 0 atom stereocenters. The van der Waals surface area contributed by atoms with Crippen molar-refractivity contribution >= 4 is 37.5 Å². The quantitative estimate of drug-likeness (QED) is 0.750. The number of nitrogens with one attached hydrogen (secondary N) is 1. The summed E-state index contributed by atoms with van der Waals surface area (Å²) in [7, 11) is -3.85. The van der Waals surface area contributed by atoms with Crippen molar-refractivity contribution in [1.82, 2.24) is 5.32 Å². The largest absolute Gasteiger partial charge is 0.352 e. The summed E-state index contributed by atoms with van der Waals surface area (Å²) < 4.78 is 28.2.